The molecule has 0 amide bonds. The highest BCUT2D eigenvalue weighted by Gasteiger charge is 2.11. The van der Waals surface area contributed by atoms with Crippen LogP contribution in [0.25, 0.3) is 0 Å². The molecule has 1 aromatic carbocycles. The monoisotopic (exact) mass is 206 g/mol. The number of esters is 1. The van der Waals surface area contributed by atoms with Gasteiger partial charge in [-0.15, -0.1) is 0 Å². The van der Waals surface area contributed by atoms with Crippen LogP contribution in [-0.4, -0.2) is 12.6 Å². The van der Waals surface area contributed by atoms with Gasteiger partial charge in [-0.1, -0.05) is 43.7 Å². The molecular formula is C13H18O2. The Bertz CT molecular complexity index is 293. The van der Waals surface area contributed by atoms with Crippen molar-refractivity contribution in [3.8, 4) is 0 Å². The summed E-state index contributed by atoms with van der Waals surface area (Å²) in [5.41, 5.74) is 1.25. The van der Waals surface area contributed by atoms with E-state index in [2.05, 4.69) is 19.1 Å². The van der Waals surface area contributed by atoms with Gasteiger partial charge in [0.05, 0.1) is 6.61 Å². The number of hydrogen-bond acceptors (Lipinski definition) is 2. The minimum Gasteiger partial charge on any atom is -0.465 e. The lowest BCUT2D eigenvalue weighted by Crippen LogP contribution is -2.10. The molecule has 0 aliphatic heterocycles. The van der Waals surface area contributed by atoms with E-state index >= 15 is 0 Å². The third-order valence-electron chi connectivity index (χ3n) is 2.40. The molecule has 15 heavy (non-hydrogen) atoms. The quantitative estimate of drug-likeness (QED) is 0.692. The fourth-order valence-corrected chi connectivity index (χ4v) is 1.64. The van der Waals surface area contributed by atoms with Gasteiger partial charge in [0.2, 0.25) is 0 Å². The first-order valence-corrected chi connectivity index (χ1v) is 5.42. The van der Waals surface area contributed by atoms with Crippen LogP contribution in [0.5, 0.6) is 0 Å². The van der Waals surface area contributed by atoms with Crippen LogP contribution in [-0.2, 0) is 9.53 Å². The number of hydrogen-bond donors (Lipinski definition) is 0. The summed E-state index contributed by atoms with van der Waals surface area (Å²) in [4.78, 5) is 10.8. The van der Waals surface area contributed by atoms with Crippen LogP contribution in [0.1, 0.15) is 38.2 Å². The highest BCUT2D eigenvalue weighted by Crippen LogP contribution is 2.21. The first kappa shape index (κ1) is 11.8. The van der Waals surface area contributed by atoms with E-state index in [0.717, 1.165) is 12.8 Å². The molecule has 1 aromatic rings. The van der Waals surface area contributed by atoms with Gasteiger partial charge in [0.1, 0.15) is 0 Å². The van der Waals surface area contributed by atoms with Gasteiger partial charge in [0.15, 0.2) is 0 Å². The van der Waals surface area contributed by atoms with Crippen molar-refractivity contribution in [1.82, 2.24) is 0 Å². The van der Waals surface area contributed by atoms with E-state index in [0.29, 0.717) is 12.5 Å². The summed E-state index contributed by atoms with van der Waals surface area (Å²) in [7, 11) is 0. The van der Waals surface area contributed by atoms with Gasteiger partial charge in [-0.05, 0) is 12.0 Å². The molecule has 1 rings (SSSR count). The van der Waals surface area contributed by atoms with Crippen molar-refractivity contribution in [2.24, 2.45) is 0 Å². The molecule has 0 saturated carbocycles. The SMILES string of the molecule is CCCC(COC(C)=O)c1ccccc1. The maximum absolute atomic E-state index is 10.8. The van der Waals surface area contributed by atoms with Crippen LogP contribution < -0.4 is 0 Å². The summed E-state index contributed by atoms with van der Waals surface area (Å²) < 4.78 is 5.07. The first-order valence-electron chi connectivity index (χ1n) is 5.42. The summed E-state index contributed by atoms with van der Waals surface area (Å²) in [5, 5.41) is 0. The molecule has 0 bridgehead atoms. The molecule has 0 fully saturated rings. The zero-order valence-electron chi connectivity index (χ0n) is 9.40. The zero-order chi connectivity index (χ0) is 11.1. The standard InChI is InChI=1S/C13H18O2/c1-3-7-13(10-15-11(2)14)12-8-5-4-6-9-12/h4-6,8-9,13H,3,7,10H2,1-2H3. The van der Waals surface area contributed by atoms with E-state index < -0.39 is 0 Å². The lowest BCUT2D eigenvalue weighted by Gasteiger charge is -2.15. The molecule has 82 valence electrons. The van der Waals surface area contributed by atoms with Crippen molar-refractivity contribution in [3.63, 3.8) is 0 Å². The topological polar surface area (TPSA) is 26.3 Å². The van der Waals surface area contributed by atoms with E-state index in [4.69, 9.17) is 4.74 Å². The molecule has 0 aliphatic rings. The lowest BCUT2D eigenvalue weighted by atomic mass is 9.95. The number of benzene rings is 1. The van der Waals surface area contributed by atoms with E-state index in [1.165, 1.54) is 12.5 Å². The van der Waals surface area contributed by atoms with Crippen molar-refractivity contribution < 1.29 is 9.53 Å². The molecule has 2 nitrogen and oxygen atoms in total. The van der Waals surface area contributed by atoms with E-state index in [-0.39, 0.29) is 5.97 Å². The number of carbonyl (C=O) groups excluding carboxylic acids is 1. The minimum atomic E-state index is -0.202. The molecule has 1 unspecified atom stereocenters. The second kappa shape index (κ2) is 6.23. The van der Waals surface area contributed by atoms with E-state index in [1.807, 2.05) is 18.2 Å². The van der Waals surface area contributed by atoms with Crippen molar-refractivity contribution in [1.29, 1.82) is 0 Å². The molecule has 1 atom stereocenters. The van der Waals surface area contributed by atoms with Crippen LogP contribution in [0.15, 0.2) is 30.3 Å². The van der Waals surface area contributed by atoms with E-state index in [1.54, 1.807) is 0 Å². The Hall–Kier alpha value is -1.31. The van der Waals surface area contributed by atoms with Gasteiger partial charge in [0.25, 0.3) is 0 Å². The third kappa shape index (κ3) is 4.15. The van der Waals surface area contributed by atoms with Gasteiger partial charge in [-0.3, -0.25) is 4.79 Å². The highest BCUT2D eigenvalue weighted by molar-refractivity contribution is 5.65. The molecule has 0 radical (unpaired) electrons. The average molecular weight is 206 g/mol. The predicted octanol–water partition coefficient (Wildman–Crippen LogP) is 3.13. The maximum Gasteiger partial charge on any atom is 0.302 e. The molecule has 0 heterocycles. The molecule has 0 aromatic heterocycles. The smallest absolute Gasteiger partial charge is 0.302 e. The first-order chi connectivity index (χ1) is 7.24. The second-order valence-corrected chi connectivity index (χ2v) is 3.70. The van der Waals surface area contributed by atoms with Gasteiger partial charge >= 0.3 is 5.97 Å². The molecule has 0 aliphatic carbocycles. The molecule has 0 saturated heterocycles. The van der Waals surface area contributed by atoms with Crippen LogP contribution in [0.4, 0.5) is 0 Å². The molecule has 0 N–H and O–H groups in total. The van der Waals surface area contributed by atoms with Crippen molar-refractivity contribution in [3.05, 3.63) is 35.9 Å². The van der Waals surface area contributed by atoms with Gasteiger partial charge in [0, 0.05) is 12.8 Å². The fraction of sp³-hybridized carbons (Fsp3) is 0.462. The van der Waals surface area contributed by atoms with Gasteiger partial charge in [-0.25, -0.2) is 0 Å². The summed E-state index contributed by atoms with van der Waals surface area (Å²) in [6, 6.07) is 10.2. The zero-order valence-corrected chi connectivity index (χ0v) is 9.40. The Balaban J connectivity index is 2.61. The normalized spacial score (nSPS) is 12.1. The van der Waals surface area contributed by atoms with Gasteiger partial charge in [-0.2, -0.15) is 0 Å². The van der Waals surface area contributed by atoms with Crippen LogP contribution in [0.2, 0.25) is 0 Å². The largest absolute Gasteiger partial charge is 0.465 e. The lowest BCUT2D eigenvalue weighted by molar-refractivity contribution is -0.141. The Labute approximate surface area is 91.3 Å². The fourth-order valence-electron chi connectivity index (χ4n) is 1.64. The maximum atomic E-state index is 10.8. The molecule has 0 spiro atoms. The Morgan fingerprint density at radius 2 is 2.00 bits per heavy atom. The van der Waals surface area contributed by atoms with Crippen molar-refractivity contribution >= 4 is 5.97 Å². The Kier molecular flexibility index (Phi) is 4.88. The van der Waals surface area contributed by atoms with Crippen LogP contribution >= 0.6 is 0 Å². The second-order valence-electron chi connectivity index (χ2n) is 3.70. The van der Waals surface area contributed by atoms with Crippen molar-refractivity contribution in [2.75, 3.05) is 6.61 Å². The summed E-state index contributed by atoms with van der Waals surface area (Å²) >= 11 is 0. The number of rotatable bonds is 5. The molecular weight excluding hydrogens is 188 g/mol. The van der Waals surface area contributed by atoms with Crippen LogP contribution in [0.3, 0.4) is 0 Å². The number of carbonyl (C=O) groups is 1. The van der Waals surface area contributed by atoms with Crippen molar-refractivity contribution in [2.45, 2.75) is 32.6 Å². The van der Waals surface area contributed by atoms with Gasteiger partial charge < -0.3 is 4.74 Å². The summed E-state index contributed by atoms with van der Waals surface area (Å²) in [5.74, 6) is 0.132. The third-order valence-corrected chi connectivity index (χ3v) is 2.40. The predicted molar refractivity (Wildman–Crippen MR) is 60.7 cm³/mol. The number of ether oxygens (including phenoxy) is 1. The highest BCUT2D eigenvalue weighted by atomic mass is 16.5. The average Bonchev–Trinajstić information content (AvgIpc) is 2.25. The van der Waals surface area contributed by atoms with E-state index in [9.17, 15) is 4.79 Å². The summed E-state index contributed by atoms with van der Waals surface area (Å²) in [6.07, 6.45) is 2.15. The summed E-state index contributed by atoms with van der Waals surface area (Å²) in [6.45, 7) is 4.09. The Morgan fingerprint density at radius 3 is 2.53 bits per heavy atom. The Morgan fingerprint density at radius 1 is 1.33 bits per heavy atom. The van der Waals surface area contributed by atoms with Crippen LogP contribution in [0, 0.1) is 0 Å². The minimum absolute atomic E-state index is 0.202. The molecule has 2 heteroatoms.